The number of morpholine rings is 1. The zero-order chi connectivity index (χ0) is 13.3. The number of hydrogen-bond acceptors (Lipinski definition) is 4. The van der Waals surface area contributed by atoms with Crippen molar-refractivity contribution in [1.29, 1.82) is 0 Å². The number of carbonyl (C=O) groups is 2. The standard InChI is InChI=1S/C12H20N2O4/c1-12(2)7-14(5-8(6-15)18-12)11(17)9-3-4-10(16)13-9/h8-9,15H,3-7H2,1-2H3,(H,13,16)/t8?,9-/m0/s1. The number of nitrogens with zero attached hydrogens (tertiary/aromatic N) is 1. The van der Waals surface area contributed by atoms with Crippen LogP contribution in [0.2, 0.25) is 0 Å². The number of rotatable bonds is 2. The fourth-order valence-corrected chi connectivity index (χ4v) is 2.58. The summed E-state index contributed by atoms with van der Waals surface area (Å²) >= 11 is 0. The number of nitrogens with one attached hydrogen (secondary N) is 1. The Bertz CT molecular complexity index is 356. The topological polar surface area (TPSA) is 78.9 Å². The Morgan fingerprint density at radius 3 is 2.89 bits per heavy atom. The predicted octanol–water partition coefficient (Wildman–Crippen LogP) is -0.737. The van der Waals surface area contributed by atoms with Crippen LogP contribution in [0.15, 0.2) is 0 Å². The highest BCUT2D eigenvalue weighted by molar-refractivity contribution is 5.90. The summed E-state index contributed by atoms with van der Waals surface area (Å²) in [7, 11) is 0. The van der Waals surface area contributed by atoms with Gasteiger partial charge in [0, 0.05) is 19.5 Å². The molecule has 2 amide bonds. The minimum absolute atomic E-state index is 0.0698. The second kappa shape index (κ2) is 4.85. The van der Waals surface area contributed by atoms with Gasteiger partial charge >= 0.3 is 0 Å². The molecule has 0 aromatic carbocycles. The maximum absolute atomic E-state index is 12.3. The van der Waals surface area contributed by atoms with Gasteiger partial charge in [0.15, 0.2) is 0 Å². The molecule has 1 unspecified atom stereocenters. The Morgan fingerprint density at radius 2 is 2.33 bits per heavy atom. The lowest BCUT2D eigenvalue weighted by Gasteiger charge is -2.43. The molecule has 2 fully saturated rings. The highest BCUT2D eigenvalue weighted by Crippen LogP contribution is 2.22. The number of amides is 2. The van der Waals surface area contributed by atoms with Crippen LogP contribution in [0.4, 0.5) is 0 Å². The minimum Gasteiger partial charge on any atom is -0.394 e. The fraction of sp³-hybridized carbons (Fsp3) is 0.833. The van der Waals surface area contributed by atoms with Crippen LogP contribution in [0.5, 0.6) is 0 Å². The highest BCUT2D eigenvalue weighted by Gasteiger charge is 2.39. The largest absolute Gasteiger partial charge is 0.394 e. The zero-order valence-corrected chi connectivity index (χ0v) is 10.8. The summed E-state index contributed by atoms with van der Waals surface area (Å²) in [6.45, 7) is 4.54. The average Bonchev–Trinajstić information content (AvgIpc) is 2.72. The van der Waals surface area contributed by atoms with E-state index in [1.807, 2.05) is 13.8 Å². The predicted molar refractivity (Wildman–Crippen MR) is 63.8 cm³/mol. The molecular formula is C12H20N2O4. The van der Waals surface area contributed by atoms with Crippen molar-refractivity contribution < 1.29 is 19.4 Å². The van der Waals surface area contributed by atoms with Gasteiger partial charge in [-0.1, -0.05) is 0 Å². The Balaban J connectivity index is 2.03. The first kappa shape index (κ1) is 13.3. The minimum atomic E-state index is -0.468. The summed E-state index contributed by atoms with van der Waals surface area (Å²) < 4.78 is 5.66. The van der Waals surface area contributed by atoms with Gasteiger partial charge in [0.2, 0.25) is 11.8 Å². The molecule has 0 aliphatic carbocycles. The van der Waals surface area contributed by atoms with Gasteiger partial charge in [-0.05, 0) is 20.3 Å². The van der Waals surface area contributed by atoms with Crippen molar-refractivity contribution in [2.45, 2.75) is 44.4 Å². The van der Waals surface area contributed by atoms with E-state index >= 15 is 0 Å². The van der Waals surface area contributed by atoms with Crippen molar-refractivity contribution in [1.82, 2.24) is 10.2 Å². The third-order valence-corrected chi connectivity index (χ3v) is 3.29. The molecule has 6 nitrogen and oxygen atoms in total. The number of carbonyl (C=O) groups excluding carboxylic acids is 2. The van der Waals surface area contributed by atoms with E-state index in [9.17, 15) is 14.7 Å². The molecule has 6 heteroatoms. The molecule has 0 spiro atoms. The highest BCUT2D eigenvalue weighted by atomic mass is 16.5. The summed E-state index contributed by atoms with van der Waals surface area (Å²) in [5, 5.41) is 11.9. The molecule has 2 aliphatic rings. The average molecular weight is 256 g/mol. The van der Waals surface area contributed by atoms with E-state index in [-0.39, 0.29) is 24.5 Å². The van der Waals surface area contributed by atoms with Crippen LogP contribution in [0.25, 0.3) is 0 Å². The normalized spacial score (nSPS) is 31.3. The smallest absolute Gasteiger partial charge is 0.245 e. The summed E-state index contributed by atoms with van der Waals surface area (Å²) in [5.41, 5.74) is -0.468. The monoisotopic (exact) mass is 256 g/mol. The van der Waals surface area contributed by atoms with Gasteiger partial charge in [-0.25, -0.2) is 0 Å². The molecule has 0 aromatic rings. The molecule has 18 heavy (non-hydrogen) atoms. The molecular weight excluding hydrogens is 236 g/mol. The number of aliphatic hydroxyl groups is 1. The van der Waals surface area contributed by atoms with Gasteiger partial charge in [-0.15, -0.1) is 0 Å². The first-order valence-electron chi connectivity index (χ1n) is 6.28. The van der Waals surface area contributed by atoms with Crippen molar-refractivity contribution in [2.24, 2.45) is 0 Å². The van der Waals surface area contributed by atoms with Crippen LogP contribution in [-0.4, -0.2) is 59.3 Å². The second-order valence-corrected chi connectivity index (χ2v) is 5.56. The molecule has 2 aliphatic heterocycles. The van der Waals surface area contributed by atoms with Crippen LogP contribution < -0.4 is 5.32 Å². The quantitative estimate of drug-likeness (QED) is 0.682. The summed E-state index contributed by atoms with van der Waals surface area (Å²) in [6, 6.07) is -0.411. The lowest BCUT2D eigenvalue weighted by atomic mass is 10.0. The SMILES string of the molecule is CC1(C)CN(C(=O)[C@@H]2CCC(=O)N2)CC(CO)O1. The summed E-state index contributed by atoms with van der Waals surface area (Å²) in [6.07, 6.45) is 0.613. The first-order chi connectivity index (χ1) is 8.41. The molecule has 2 atom stereocenters. The van der Waals surface area contributed by atoms with E-state index in [0.29, 0.717) is 25.9 Å². The number of ether oxygens (including phenoxy) is 1. The van der Waals surface area contributed by atoms with Crippen LogP contribution >= 0.6 is 0 Å². The number of aliphatic hydroxyl groups excluding tert-OH is 1. The van der Waals surface area contributed by atoms with Crippen LogP contribution in [0.3, 0.4) is 0 Å². The molecule has 2 N–H and O–H groups in total. The Labute approximate surface area is 106 Å². The van der Waals surface area contributed by atoms with Crippen molar-refractivity contribution in [3.05, 3.63) is 0 Å². The number of hydrogen-bond donors (Lipinski definition) is 2. The van der Waals surface area contributed by atoms with Crippen LogP contribution in [0, 0.1) is 0 Å². The van der Waals surface area contributed by atoms with Gasteiger partial charge in [0.1, 0.15) is 6.04 Å². The van der Waals surface area contributed by atoms with Crippen molar-refractivity contribution in [3.8, 4) is 0 Å². The Morgan fingerprint density at radius 1 is 1.61 bits per heavy atom. The van der Waals surface area contributed by atoms with E-state index in [1.165, 1.54) is 0 Å². The summed E-state index contributed by atoms with van der Waals surface area (Å²) in [4.78, 5) is 25.1. The lowest BCUT2D eigenvalue weighted by Crippen LogP contribution is -2.58. The van der Waals surface area contributed by atoms with E-state index in [2.05, 4.69) is 5.32 Å². The zero-order valence-electron chi connectivity index (χ0n) is 10.8. The van der Waals surface area contributed by atoms with Crippen molar-refractivity contribution in [2.75, 3.05) is 19.7 Å². The fourth-order valence-electron chi connectivity index (χ4n) is 2.58. The van der Waals surface area contributed by atoms with Crippen LogP contribution in [0.1, 0.15) is 26.7 Å². The van der Waals surface area contributed by atoms with Gasteiger partial charge in [0.25, 0.3) is 0 Å². The molecule has 0 aromatic heterocycles. The maximum Gasteiger partial charge on any atom is 0.245 e. The maximum atomic E-state index is 12.3. The van der Waals surface area contributed by atoms with E-state index in [4.69, 9.17) is 4.74 Å². The van der Waals surface area contributed by atoms with Crippen LogP contribution in [-0.2, 0) is 14.3 Å². The first-order valence-corrected chi connectivity index (χ1v) is 6.28. The van der Waals surface area contributed by atoms with Gasteiger partial charge in [-0.3, -0.25) is 9.59 Å². The molecule has 0 radical (unpaired) electrons. The van der Waals surface area contributed by atoms with Gasteiger partial charge < -0.3 is 20.1 Å². The lowest BCUT2D eigenvalue weighted by molar-refractivity contribution is -0.168. The molecule has 2 saturated heterocycles. The van der Waals surface area contributed by atoms with Crippen molar-refractivity contribution >= 4 is 11.8 Å². The van der Waals surface area contributed by atoms with E-state index in [0.717, 1.165) is 0 Å². The van der Waals surface area contributed by atoms with Gasteiger partial charge in [0.05, 0.1) is 18.3 Å². The van der Waals surface area contributed by atoms with E-state index in [1.54, 1.807) is 4.90 Å². The van der Waals surface area contributed by atoms with E-state index < -0.39 is 11.6 Å². The molecule has 102 valence electrons. The molecule has 0 bridgehead atoms. The summed E-state index contributed by atoms with van der Waals surface area (Å²) in [5.74, 6) is -0.143. The molecule has 2 rings (SSSR count). The Hall–Kier alpha value is -1.14. The molecule has 0 saturated carbocycles. The Kier molecular flexibility index (Phi) is 3.59. The molecule has 2 heterocycles. The van der Waals surface area contributed by atoms with Crippen molar-refractivity contribution in [3.63, 3.8) is 0 Å². The third-order valence-electron chi connectivity index (χ3n) is 3.29. The second-order valence-electron chi connectivity index (χ2n) is 5.56. The third kappa shape index (κ3) is 2.81. The van der Waals surface area contributed by atoms with Gasteiger partial charge in [-0.2, -0.15) is 0 Å².